The predicted molar refractivity (Wildman–Crippen MR) is 75.5 cm³/mol. The van der Waals surface area contributed by atoms with Crippen LogP contribution in [0.25, 0.3) is 0 Å². The third-order valence-corrected chi connectivity index (χ3v) is 4.22. The highest BCUT2D eigenvalue weighted by atomic mass is 15.3. The van der Waals surface area contributed by atoms with Crippen LogP contribution < -0.4 is 5.32 Å². The zero-order chi connectivity index (χ0) is 13.1. The van der Waals surface area contributed by atoms with Crippen LogP contribution in [0.2, 0.25) is 0 Å². The summed E-state index contributed by atoms with van der Waals surface area (Å²) in [7, 11) is 2.24. The summed E-state index contributed by atoms with van der Waals surface area (Å²) in [5.41, 5.74) is 0.313. The predicted octanol–water partition coefficient (Wildman–Crippen LogP) is 1.79. The summed E-state index contributed by atoms with van der Waals surface area (Å²) in [5, 5.41) is 3.51. The van der Waals surface area contributed by atoms with Gasteiger partial charge in [-0.3, -0.25) is 9.80 Å². The molecule has 0 amide bonds. The molecule has 2 atom stereocenters. The molecule has 0 saturated carbocycles. The van der Waals surface area contributed by atoms with Crippen molar-refractivity contribution in [3.05, 3.63) is 0 Å². The molecule has 0 aliphatic carbocycles. The van der Waals surface area contributed by atoms with Crippen molar-refractivity contribution in [2.24, 2.45) is 0 Å². The van der Waals surface area contributed by atoms with E-state index in [1.54, 1.807) is 0 Å². The fourth-order valence-corrected chi connectivity index (χ4v) is 2.75. The summed E-state index contributed by atoms with van der Waals surface area (Å²) >= 11 is 0. The minimum absolute atomic E-state index is 0.313. The van der Waals surface area contributed by atoms with E-state index in [0.717, 1.165) is 6.54 Å². The van der Waals surface area contributed by atoms with Gasteiger partial charge in [0.15, 0.2) is 0 Å². The molecule has 1 aliphatic heterocycles. The summed E-state index contributed by atoms with van der Waals surface area (Å²) in [6, 6.07) is 1.30. The molecule has 3 heteroatoms. The van der Waals surface area contributed by atoms with Crippen molar-refractivity contribution in [2.45, 2.75) is 58.7 Å². The van der Waals surface area contributed by atoms with E-state index in [1.165, 1.54) is 26.1 Å². The lowest BCUT2D eigenvalue weighted by Gasteiger charge is -2.47. The maximum absolute atomic E-state index is 3.51. The van der Waals surface area contributed by atoms with Crippen molar-refractivity contribution in [3.63, 3.8) is 0 Å². The van der Waals surface area contributed by atoms with Crippen molar-refractivity contribution in [3.8, 4) is 0 Å². The number of likely N-dealkylation sites (N-methyl/N-ethyl adjacent to an activating group) is 1. The normalized spacial score (nSPS) is 25.8. The Balaban J connectivity index is 2.45. The van der Waals surface area contributed by atoms with Gasteiger partial charge in [0.25, 0.3) is 0 Å². The van der Waals surface area contributed by atoms with E-state index in [0.29, 0.717) is 17.6 Å². The van der Waals surface area contributed by atoms with Crippen molar-refractivity contribution < 1.29 is 0 Å². The van der Waals surface area contributed by atoms with Crippen LogP contribution in [-0.2, 0) is 0 Å². The number of hydrogen-bond donors (Lipinski definition) is 1. The minimum atomic E-state index is 0.313. The van der Waals surface area contributed by atoms with Crippen molar-refractivity contribution >= 4 is 0 Å². The Hall–Kier alpha value is -0.120. The number of nitrogens with zero attached hydrogens (tertiary/aromatic N) is 2. The molecule has 0 spiro atoms. The van der Waals surface area contributed by atoms with E-state index in [-0.39, 0.29) is 0 Å². The fraction of sp³-hybridized carbons (Fsp3) is 1.00. The summed E-state index contributed by atoms with van der Waals surface area (Å²) in [6.07, 6.45) is 1.24. The summed E-state index contributed by atoms with van der Waals surface area (Å²) in [5.74, 6) is 0. The van der Waals surface area contributed by atoms with E-state index in [1.807, 2.05) is 0 Å². The molecule has 0 aromatic carbocycles. The van der Waals surface area contributed by atoms with Crippen LogP contribution in [0.1, 0.15) is 41.0 Å². The van der Waals surface area contributed by atoms with Gasteiger partial charge < -0.3 is 5.32 Å². The van der Waals surface area contributed by atoms with E-state index >= 15 is 0 Å². The number of piperazine rings is 1. The highest BCUT2D eigenvalue weighted by Crippen LogP contribution is 2.21. The number of rotatable bonds is 5. The van der Waals surface area contributed by atoms with Crippen LogP contribution in [0.4, 0.5) is 0 Å². The van der Waals surface area contributed by atoms with Gasteiger partial charge in [-0.25, -0.2) is 0 Å². The highest BCUT2D eigenvalue weighted by Gasteiger charge is 2.32. The molecule has 1 rings (SSSR count). The van der Waals surface area contributed by atoms with Gasteiger partial charge in [0.1, 0.15) is 0 Å². The Kier molecular flexibility index (Phi) is 5.42. The molecule has 17 heavy (non-hydrogen) atoms. The quantitative estimate of drug-likeness (QED) is 0.792. The van der Waals surface area contributed by atoms with Crippen LogP contribution in [0, 0.1) is 0 Å². The molecule has 0 bridgehead atoms. The van der Waals surface area contributed by atoms with Gasteiger partial charge in [0, 0.05) is 37.3 Å². The molecule has 1 N–H and O–H groups in total. The lowest BCUT2D eigenvalue weighted by atomic mass is 9.97. The van der Waals surface area contributed by atoms with E-state index in [2.05, 4.69) is 56.8 Å². The third-order valence-electron chi connectivity index (χ3n) is 4.22. The van der Waals surface area contributed by atoms with Gasteiger partial charge >= 0.3 is 0 Å². The first-order valence-electron chi connectivity index (χ1n) is 7.05. The SMILES string of the molecule is CCNC(C)CC(C)N1CCN(C)C(C)(C)C1. The molecule has 1 fully saturated rings. The van der Waals surface area contributed by atoms with Crippen LogP contribution in [0.15, 0.2) is 0 Å². The molecular formula is C14H31N3. The summed E-state index contributed by atoms with van der Waals surface area (Å²) in [6.45, 7) is 16.2. The van der Waals surface area contributed by atoms with Gasteiger partial charge in [-0.1, -0.05) is 6.92 Å². The third kappa shape index (κ3) is 4.23. The van der Waals surface area contributed by atoms with E-state index in [4.69, 9.17) is 0 Å². The lowest BCUT2D eigenvalue weighted by Crippen LogP contribution is -2.59. The van der Waals surface area contributed by atoms with Crippen LogP contribution in [0.3, 0.4) is 0 Å². The average molecular weight is 241 g/mol. The Bertz CT molecular complexity index is 228. The second kappa shape index (κ2) is 6.17. The second-order valence-electron chi connectivity index (χ2n) is 6.25. The van der Waals surface area contributed by atoms with E-state index < -0.39 is 0 Å². The van der Waals surface area contributed by atoms with Crippen molar-refractivity contribution in [1.29, 1.82) is 0 Å². The Morgan fingerprint density at radius 1 is 1.24 bits per heavy atom. The molecule has 3 nitrogen and oxygen atoms in total. The smallest absolute Gasteiger partial charge is 0.0277 e. The first-order valence-corrected chi connectivity index (χ1v) is 7.05. The Labute approximate surface area is 108 Å². The average Bonchev–Trinajstić information content (AvgIpc) is 2.22. The van der Waals surface area contributed by atoms with Crippen LogP contribution >= 0.6 is 0 Å². The zero-order valence-corrected chi connectivity index (χ0v) is 12.6. The summed E-state index contributed by atoms with van der Waals surface area (Å²) in [4.78, 5) is 5.12. The standard InChI is InChI=1S/C14H31N3/c1-7-15-12(2)10-13(3)17-9-8-16(6)14(4,5)11-17/h12-13,15H,7-11H2,1-6H3. The van der Waals surface area contributed by atoms with Crippen LogP contribution in [-0.4, -0.2) is 60.6 Å². The largest absolute Gasteiger partial charge is 0.314 e. The Morgan fingerprint density at radius 3 is 2.41 bits per heavy atom. The highest BCUT2D eigenvalue weighted by molar-refractivity contribution is 4.90. The second-order valence-corrected chi connectivity index (χ2v) is 6.25. The summed E-state index contributed by atoms with van der Waals surface area (Å²) < 4.78 is 0. The maximum Gasteiger partial charge on any atom is 0.0277 e. The van der Waals surface area contributed by atoms with Crippen LogP contribution in [0.5, 0.6) is 0 Å². The molecule has 1 saturated heterocycles. The topological polar surface area (TPSA) is 18.5 Å². The fourth-order valence-electron chi connectivity index (χ4n) is 2.75. The molecule has 2 unspecified atom stereocenters. The monoisotopic (exact) mass is 241 g/mol. The molecule has 0 aromatic rings. The lowest BCUT2D eigenvalue weighted by molar-refractivity contribution is 0.0171. The maximum atomic E-state index is 3.51. The molecular weight excluding hydrogens is 210 g/mol. The minimum Gasteiger partial charge on any atom is -0.314 e. The molecule has 102 valence electrons. The van der Waals surface area contributed by atoms with Crippen molar-refractivity contribution in [1.82, 2.24) is 15.1 Å². The molecule has 0 radical (unpaired) electrons. The Morgan fingerprint density at radius 2 is 1.88 bits per heavy atom. The first-order chi connectivity index (χ1) is 7.86. The number of hydrogen-bond acceptors (Lipinski definition) is 3. The molecule has 1 heterocycles. The van der Waals surface area contributed by atoms with Gasteiger partial charge in [0.05, 0.1) is 0 Å². The van der Waals surface area contributed by atoms with E-state index in [9.17, 15) is 0 Å². The van der Waals surface area contributed by atoms with Crippen molar-refractivity contribution in [2.75, 3.05) is 33.2 Å². The number of nitrogens with one attached hydrogen (secondary N) is 1. The first kappa shape index (κ1) is 14.9. The van der Waals surface area contributed by atoms with Gasteiger partial charge in [0.2, 0.25) is 0 Å². The van der Waals surface area contributed by atoms with Gasteiger partial charge in [-0.05, 0) is 47.7 Å². The molecule has 0 aromatic heterocycles. The van der Waals surface area contributed by atoms with Gasteiger partial charge in [-0.15, -0.1) is 0 Å². The van der Waals surface area contributed by atoms with Gasteiger partial charge in [-0.2, -0.15) is 0 Å². The zero-order valence-electron chi connectivity index (χ0n) is 12.6. The molecule has 1 aliphatic rings.